The van der Waals surface area contributed by atoms with Crippen LogP contribution in [0, 0.1) is 0 Å². The Morgan fingerprint density at radius 2 is 1.29 bits per heavy atom. The topological polar surface area (TPSA) is 175 Å². The van der Waals surface area contributed by atoms with Gasteiger partial charge in [-0.15, -0.1) is 0 Å². The fourth-order valence-corrected chi connectivity index (χ4v) is 1.16. The zero-order chi connectivity index (χ0) is 17.4. The van der Waals surface area contributed by atoms with Crippen LogP contribution in [0.5, 0.6) is 0 Å². The Hall–Kier alpha value is -1.75. The number of likely N-dealkylation sites (N-methyl/N-ethyl adjacent to an activating group) is 1. The van der Waals surface area contributed by atoms with Crippen molar-refractivity contribution in [1.82, 2.24) is 0 Å². The Kier molecular flexibility index (Phi) is 9.47. The monoisotopic (exact) mass is 311 g/mol. The number of carbonyl (C=O) groups excluding carboxylic acids is 1. The molecular formula is C11H21NO9. The van der Waals surface area contributed by atoms with Crippen LogP contribution in [0.3, 0.4) is 0 Å². The van der Waals surface area contributed by atoms with Crippen LogP contribution in [0.2, 0.25) is 0 Å². The molecule has 10 heteroatoms. The Morgan fingerprint density at radius 3 is 1.48 bits per heavy atom. The summed E-state index contributed by atoms with van der Waals surface area (Å²) in [5.74, 6) is -4.74. The van der Waals surface area contributed by atoms with Crippen LogP contribution in [0.1, 0.15) is 6.42 Å². The number of carboxylic acids is 3. The van der Waals surface area contributed by atoms with Crippen LogP contribution in [0.25, 0.3) is 0 Å². The molecule has 10 nitrogen and oxygen atoms in total. The van der Waals surface area contributed by atoms with Crippen molar-refractivity contribution in [2.45, 2.75) is 24.7 Å². The zero-order valence-electron chi connectivity index (χ0n) is 12.0. The lowest BCUT2D eigenvalue weighted by atomic mass is 10.2. The van der Waals surface area contributed by atoms with Crippen molar-refractivity contribution in [3.05, 3.63) is 0 Å². The van der Waals surface area contributed by atoms with Crippen LogP contribution in [0.4, 0.5) is 0 Å². The lowest BCUT2D eigenvalue weighted by Crippen LogP contribution is -2.43. The number of aliphatic hydroxyl groups excluding tert-OH is 3. The molecule has 0 aliphatic carbocycles. The summed E-state index contributed by atoms with van der Waals surface area (Å²) in [4.78, 5) is 29.6. The highest BCUT2D eigenvalue weighted by Crippen LogP contribution is 1.97. The summed E-state index contributed by atoms with van der Waals surface area (Å²) in [6.45, 7) is 0.425. The molecule has 0 heterocycles. The predicted molar refractivity (Wildman–Crippen MR) is 65.8 cm³/mol. The van der Waals surface area contributed by atoms with Crippen molar-refractivity contribution in [3.63, 3.8) is 0 Å². The third-order valence-corrected chi connectivity index (χ3v) is 1.97. The van der Waals surface area contributed by atoms with Crippen molar-refractivity contribution >= 4 is 17.9 Å². The summed E-state index contributed by atoms with van der Waals surface area (Å²) in [5.41, 5.74) is 0. The molecular weight excluding hydrogens is 290 g/mol. The molecule has 124 valence electrons. The van der Waals surface area contributed by atoms with Gasteiger partial charge < -0.3 is 39.9 Å². The summed E-state index contributed by atoms with van der Waals surface area (Å²) in [5, 5.41) is 51.7. The highest BCUT2D eigenvalue weighted by molar-refractivity contribution is 5.83. The number of hydrogen-bond donors (Lipinski definition) is 5. The molecule has 0 saturated heterocycles. The summed E-state index contributed by atoms with van der Waals surface area (Å²) < 4.78 is 0.550. The van der Waals surface area contributed by atoms with Crippen LogP contribution < -0.4 is 5.11 Å². The van der Waals surface area contributed by atoms with Gasteiger partial charge in [-0.2, -0.15) is 0 Å². The van der Waals surface area contributed by atoms with Gasteiger partial charge in [-0.25, -0.2) is 9.59 Å². The number of carbonyl (C=O) groups is 3. The van der Waals surface area contributed by atoms with Crippen molar-refractivity contribution < 1.29 is 49.5 Å². The average molecular weight is 311 g/mol. The number of hydrogen-bond acceptors (Lipinski definition) is 7. The molecule has 0 radical (unpaired) electrons. The number of aliphatic hydroxyl groups is 3. The molecule has 0 saturated carbocycles. The van der Waals surface area contributed by atoms with E-state index in [0.717, 1.165) is 0 Å². The zero-order valence-corrected chi connectivity index (χ0v) is 12.0. The molecule has 2 unspecified atom stereocenters. The van der Waals surface area contributed by atoms with Crippen molar-refractivity contribution in [1.29, 1.82) is 0 Å². The van der Waals surface area contributed by atoms with E-state index in [1.54, 1.807) is 0 Å². The number of nitrogens with zero attached hydrogens (tertiary/aromatic N) is 1. The molecule has 0 spiro atoms. The molecule has 0 amide bonds. The highest BCUT2D eigenvalue weighted by atomic mass is 16.4. The molecule has 0 aromatic carbocycles. The molecule has 0 bridgehead atoms. The maximum Gasteiger partial charge on any atom is 0.335 e. The van der Waals surface area contributed by atoms with Gasteiger partial charge in [0.2, 0.25) is 0 Å². The maximum atomic E-state index is 10.0. The van der Waals surface area contributed by atoms with E-state index < -0.39 is 36.2 Å². The van der Waals surface area contributed by atoms with Gasteiger partial charge in [0.25, 0.3) is 0 Å². The summed E-state index contributed by atoms with van der Waals surface area (Å²) in [6, 6.07) is 0. The van der Waals surface area contributed by atoms with Gasteiger partial charge in [0.15, 0.2) is 12.2 Å². The minimum absolute atomic E-state index is 0.282. The standard InChI is InChI=1S/C7H15NO3.C4H6O6/c1-8(2,3)5-6(9)4-7(10)11;5-1(3(7)8)2(6)4(9)10/h6,9H,4-5H2,1-3H3;1-2,5-6H,(H,7,8)(H,9,10)/t6-;/m0./s1. The number of carboxylic acid groups (broad SMARTS) is 3. The summed E-state index contributed by atoms with van der Waals surface area (Å²) >= 11 is 0. The van der Waals surface area contributed by atoms with Crippen LogP contribution in [0.15, 0.2) is 0 Å². The van der Waals surface area contributed by atoms with E-state index in [9.17, 15) is 19.5 Å². The number of quaternary nitrogens is 1. The van der Waals surface area contributed by atoms with Crippen LogP contribution >= 0.6 is 0 Å². The van der Waals surface area contributed by atoms with Gasteiger partial charge in [-0.05, 0) is 0 Å². The predicted octanol–water partition coefficient (Wildman–Crippen LogP) is -3.93. The molecule has 0 aliphatic rings. The van der Waals surface area contributed by atoms with E-state index in [2.05, 4.69) is 0 Å². The number of rotatable bonds is 7. The van der Waals surface area contributed by atoms with Crippen molar-refractivity contribution in [3.8, 4) is 0 Å². The lowest BCUT2D eigenvalue weighted by Gasteiger charge is -2.26. The molecule has 0 aromatic rings. The van der Waals surface area contributed by atoms with Gasteiger partial charge in [0.1, 0.15) is 12.6 Å². The van der Waals surface area contributed by atoms with Crippen LogP contribution in [-0.4, -0.2) is 93.9 Å². The van der Waals surface area contributed by atoms with Gasteiger partial charge in [0.05, 0.1) is 21.1 Å². The average Bonchev–Trinajstić information content (AvgIpc) is 2.23. The Balaban J connectivity index is 0. The molecule has 0 aromatic heterocycles. The van der Waals surface area contributed by atoms with Gasteiger partial charge in [0, 0.05) is 12.4 Å². The second-order valence-electron chi connectivity index (χ2n) is 5.27. The van der Waals surface area contributed by atoms with Crippen molar-refractivity contribution in [2.24, 2.45) is 0 Å². The van der Waals surface area contributed by atoms with E-state index in [1.165, 1.54) is 0 Å². The third kappa shape index (κ3) is 13.0. The fourth-order valence-electron chi connectivity index (χ4n) is 1.16. The molecule has 0 fully saturated rings. The lowest BCUT2D eigenvalue weighted by molar-refractivity contribution is -0.873. The van der Waals surface area contributed by atoms with Crippen molar-refractivity contribution in [2.75, 3.05) is 27.7 Å². The first kappa shape index (κ1) is 21.5. The third-order valence-electron chi connectivity index (χ3n) is 1.97. The van der Waals surface area contributed by atoms with E-state index >= 15 is 0 Å². The normalized spacial score (nSPS) is 15.1. The highest BCUT2D eigenvalue weighted by Gasteiger charge is 2.29. The second kappa shape index (κ2) is 9.23. The first-order chi connectivity index (χ1) is 9.27. The van der Waals surface area contributed by atoms with E-state index in [0.29, 0.717) is 11.0 Å². The SMILES string of the molecule is C[N+](C)(C)C[C@@H](O)CC(=O)[O-].O=C(O)C(O)C(O)C(=O)O. The van der Waals surface area contributed by atoms with E-state index in [1.807, 2.05) is 21.1 Å². The van der Waals surface area contributed by atoms with E-state index in [4.69, 9.17) is 25.5 Å². The smallest absolute Gasteiger partial charge is 0.335 e. The minimum Gasteiger partial charge on any atom is -0.550 e. The second-order valence-corrected chi connectivity index (χ2v) is 5.27. The van der Waals surface area contributed by atoms with Gasteiger partial charge in [-0.1, -0.05) is 0 Å². The fraction of sp³-hybridized carbons (Fsp3) is 0.727. The van der Waals surface area contributed by atoms with E-state index in [-0.39, 0.29) is 6.42 Å². The molecule has 0 aliphatic heterocycles. The molecule has 0 rings (SSSR count). The first-order valence-corrected chi connectivity index (χ1v) is 5.78. The van der Waals surface area contributed by atoms with Crippen LogP contribution in [-0.2, 0) is 14.4 Å². The largest absolute Gasteiger partial charge is 0.550 e. The summed E-state index contributed by atoms with van der Waals surface area (Å²) in [7, 11) is 5.66. The molecule has 21 heavy (non-hydrogen) atoms. The summed E-state index contributed by atoms with van der Waals surface area (Å²) in [6.07, 6.45) is -5.62. The Labute approximate surface area is 121 Å². The molecule has 3 atom stereocenters. The quantitative estimate of drug-likeness (QED) is 0.294. The van der Waals surface area contributed by atoms with Gasteiger partial charge in [-0.3, -0.25) is 0 Å². The Morgan fingerprint density at radius 1 is 0.952 bits per heavy atom. The minimum atomic E-state index is -2.27. The molecule has 5 N–H and O–H groups in total. The Bertz CT molecular complexity index is 345. The maximum absolute atomic E-state index is 10.0. The number of aliphatic carboxylic acids is 3. The van der Waals surface area contributed by atoms with Gasteiger partial charge >= 0.3 is 11.9 Å². The first-order valence-electron chi connectivity index (χ1n) is 5.78.